The van der Waals surface area contributed by atoms with E-state index in [0.717, 1.165) is 31.3 Å². The molecule has 0 radical (unpaired) electrons. The number of amides is 1. The number of halogens is 3. The Morgan fingerprint density at radius 3 is 2.50 bits per heavy atom. The summed E-state index contributed by atoms with van der Waals surface area (Å²) in [5.74, 6) is -0.450. The van der Waals surface area contributed by atoms with Crippen LogP contribution < -0.4 is 10.6 Å². The molecular formula is C23H28F3N3O. The van der Waals surface area contributed by atoms with Crippen LogP contribution >= 0.6 is 0 Å². The van der Waals surface area contributed by atoms with Crippen LogP contribution in [0.2, 0.25) is 0 Å². The highest BCUT2D eigenvalue weighted by Crippen LogP contribution is 2.34. The van der Waals surface area contributed by atoms with Crippen LogP contribution in [-0.2, 0) is 24.1 Å². The quantitative estimate of drug-likeness (QED) is 0.646. The molecule has 1 atom stereocenters. The lowest BCUT2D eigenvalue weighted by molar-refractivity contribution is -0.137. The molecular weight excluding hydrogens is 391 g/mol. The first-order chi connectivity index (χ1) is 14.3. The lowest BCUT2D eigenvalue weighted by atomic mass is 10.1. The number of nitrogens with one attached hydrogen (secondary N) is 2. The molecule has 0 saturated carbocycles. The molecule has 1 heterocycles. The summed E-state index contributed by atoms with van der Waals surface area (Å²) < 4.78 is 39.2. The second-order valence-corrected chi connectivity index (χ2v) is 7.88. The second-order valence-electron chi connectivity index (χ2n) is 7.88. The van der Waals surface area contributed by atoms with Crippen LogP contribution in [0, 0.1) is 0 Å². The maximum atomic E-state index is 13.1. The highest BCUT2D eigenvalue weighted by molar-refractivity contribution is 5.92. The van der Waals surface area contributed by atoms with Gasteiger partial charge in [0.2, 0.25) is 5.91 Å². The summed E-state index contributed by atoms with van der Waals surface area (Å²) in [6.45, 7) is 5.69. The maximum Gasteiger partial charge on any atom is 0.418 e. The zero-order chi connectivity index (χ0) is 21.6. The molecule has 0 spiro atoms. The van der Waals surface area contributed by atoms with E-state index >= 15 is 0 Å². The number of alkyl halides is 3. The Morgan fingerprint density at radius 2 is 1.77 bits per heavy atom. The average Bonchev–Trinajstić information content (AvgIpc) is 3.19. The molecule has 3 rings (SSSR count). The third kappa shape index (κ3) is 6.57. The van der Waals surface area contributed by atoms with Crippen molar-refractivity contribution in [2.75, 3.05) is 18.4 Å². The molecule has 1 saturated heterocycles. The van der Waals surface area contributed by atoms with Crippen molar-refractivity contribution in [3.05, 3.63) is 65.2 Å². The van der Waals surface area contributed by atoms with Gasteiger partial charge in [0, 0.05) is 25.6 Å². The molecule has 1 fully saturated rings. The number of para-hydroxylation sites is 1. The predicted molar refractivity (Wildman–Crippen MR) is 112 cm³/mol. The molecule has 0 aromatic heterocycles. The van der Waals surface area contributed by atoms with Gasteiger partial charge in [-0.05, 0) is 56.1 Å². The van der Waals surface area contributed by atoms with Gasteiger partial charge < -0.3 is 10.6 Å². The summed E-state index contributed by atoms with van der Waals surface area (Å²) in [4.78, 5) is 14.7. The molecule has 2 N–H and O–H groups in total. The number of likely N-dealkylation sites (tertiary alicyclic amines) is 1. The van der Waals surface area contributed by atoms with Crippen molar-refractivity contribution >= 4 is 11.6 Å². The summed E-state index contributed by atoms with van der Waals surface area (Å²) in [6, 6.07) is 13.2. The van der Waals surface area contributed by atoms with Gasteiger partial charge in [-0.2, -0.15) is 13.2 Å². The van der Waals surface area contributed by atoms with E-state index < -0.39 is 17.6 Å². The minimum atomic E-state index is -4.51. The number of carbonyl (C=O) groups is 1. The summed E-state index contributed by atoms with van der Waals surface area (Å²) in [5, 5.41) is 5.68. The predicted octanol–water partition coefficient (Wildman–Crippen LogP) is 4.81. The van der Waals surface area contributed by atoms with Crippen LogP contribution in [0.4, 0.5) is 18.9 Å². The summed E-state index contributed by atoms with van der Waals surface area (Å²) in [6.07, 6.45) is -1.91. The van der Waals surface area contributed by atoms with Gasteiger partial charge in [-0.25, -0.2) is 0 Å². The number of nitrogens with zero attached hydrogens (tertiary/aromatic N) is 1. The molecule has 2 aromatic rings. The van der Waals surface area contributed by atoms with Crippen LogP contribution in [0.5, 0.6) is 0 Å². The first-order valence-corrected chi connectivity index (χ1v) is 10.3. The van der Waals surface area contributed by atoms with Gasteiger partial charge in [-0.3, -0.25) is 9.69 Å². The van der Waals surface area contributed by atoms with E-state index in [1.165, 1.54) is 36.6 Å². The Labute approximate surface area is 175 Å². The van der Waals surface area contributed by atoms with E-state index in [4.69, 9.17) is 0 Å². The topological polar surface area (TPSA) is 44.4 Å². The van der Waals surface area contributed by atoms with Crippen LogP contribution in [0.15, 0.2) is 48.5 Å². The van der Waals surface area contributed by atoms with E-state index in [1.807, 2.05) is 19.1 Å². The highest BCUT2D eigenvalue weighted by atomic mass is 19.4. The zero-order valence-corrected chi connectivity index (χ0v) is 17.1. The molecule has 1 amide bonds. The molecule has 4 nitrogen and oxygen atoms in total. The van der Waals surface area contributed by atoms with Crippen molar-refractivity contribution in [2.24, 2.45) is 0 Å². The zero-order valence-electron chi connectivity index (χ0n) is 17.1. The fourth-order valence-electron chi connectivity index (χ4n) is 3.72. The van der Waals surface area contributed by atoms with E-state index in [1.54, 1.807) is 0 Å². The van der Waals surface area contributed by atoms with Gasteiger partial charge >= 0.3 is 6.18 Å². The molecule has 0 aliphatic carbocycles. The highest BCUT2D eigenvalue weighted by Gasteiger charge is 2.33. The minimum Gasteiger partial charge on any atom is -0.325 e. The normalized spacial score (nSPS) is 15.9. The van der Waals surface area contributed by atoms with Crippen molar-refractivity contribution in [3.63, 3.8) is 0 Å². The van der Waals surface area contributed by atoms with E-state index in [0.29, 0.717) is 6.54 Å². The Bertz CT molecular complexity index is 848. The van der Waals surface area contributed by atoms with Gasteiger partial charge in [-0.1, -0.05) is 36.4 Å². The maximum absolute atomic E-state index is 13.1. The lowest BCUT2D eigenvalue weighted by Gasteiger charge is -2.17. The molecule has 7 heteroatoms. The fourth-order valence-corrected chi connectivity index (χ4v) is 3.72. The van der Waals surface area contributed by atoms with Gasteiger partial charge in [0.1, 0.15) is 0 Å². The largest absolute Gasteiger partial charge is 0.418 e. The fraction of sp³-hybridized carbons (Fsp3) is 0.435. The van der Waals surface area contributed by atoms with Gasteiger partial charge in [-0.15, -0.1) is 0 Å². The number of benzene rings is 2. The molecule has 30 heavy (non-hydrogen) atoms. The third-order valence-corrected chi connectivity index (χ3v) is 5.25. The van der Waals surface area contributed by atoms with Crippen molar-refractivity contribution < 1.29 is 18.0 Å². The number of hydrogen-bond acceptors (Lipinski definition) is 3. The van der Waals surface area contributed by atoms with Crippen LogP contribution in [0.1, 0.15) is 42.9 Å². The molecule has 162 valence electrons. The first-order valence-electron chi connectivity index (χ1n) is 10.3. The number of rotatable bonds is 8. The van der Waals surface area contributed by atoms with Gasteiger partial charge in [0.25, 0.3) is 0 Å². The van der Waals surface area contributed by atoms with Crippen LogP contribution in [0.25, 0.3) is 0 Å². The molecule has 0 bridgehead atoms. The molecule has 1 unspecified atom stereocenters. The van der Waals surface area contributed by atoms with Crippen molar-refractivity contribution in [2.45, 2.75) is 51.5 Å². The van der Waals surface area contributed by atoms with Crippen molar-refractivity contribution in [3.8, 4) is 0 Å². The number of hydrogen-bond donors (Lipinski definition) is 2. The summed E-state index contributed by atoms with van der Waals surface area (Å²) in [5.41, 5.74) is 1.34. The molecule has 2 aromatic carbocycles. The SMILES string of the molecule is CC(CC(=O)Nc1ccccc1C(F)(F)F)NCc1cccc(CN2CCCC2)c1. The Hall–Kier alpha value is -2.38. The average molecular weight is 419 g/mol. The monoisotopic (exact) mass is 419 g/mol. The van der Waals surface area contributed by atoms with Crippen LogP contribution in [-0.4, -0.2) is 29.9 Å². The Balaban J connectivity index is 1.49. The first kappa shape index (κ1) is 22.3. The Morgan fingerprint density at radius 1 is 1.07 bits per heavy atom. The van der Waals surface area contributed by atoms with Gasteiger partial charge in [0.15, 0.2) is 0 Å². The minimum absolute atomic E-state index is 0.0830. The number of anilines is 1. The standard InChI is InChI=1S/C23H28F3N3O/c1-17(13-22(30)28-21-10-3-2-9-20(21)23(24,25)26)27-15-18-7-6-8-19(14-18)16-29-11-4-5-12-29/h2-3,6-10,14,17,27H,4-5,11-13,15-16H2,1H3,(H,28,30). The molecule has 1 aliphatic heterocycles. The van der Waals surface area contributed by atoms with Gasteiger partial charge in [0.05, 0.1) is 11.3 Å². The smallest absolute Gasteiger partial charge is 0.325 e. The van der Waals surface area contributed by atoms with Crippen LogP contribution in [0.3, 0.4) is 0 Å². The summed E-state index contributed by atoms with van der Waals surface area (Å²) >= 11 is 0. The third-order valence-electron chi connectivity index (χ3n) is 5.25. The Kier molecular flexibility index (Phi) is 7.50. The van der Waals surface area contributed by atoms with Crippen molar-refractivity contribution in [1.82, 2.24) is 10.2 Å². The lowest BCUT2D eigenvalue weighted by Crippen LogP contribution is -2.30. The van der Waals surface area contributed by atoms with E-state index in [9.17, 15) is 18.0 Å². The number of carbonyl (C=O) groups excluding carboxylic acids is 1. The second kappa shape index (κ2) is 10.1. The summed E-state index contributed by atoms with van der Waals surface area (Å²) in [7, 11) is 0. The van der Waals surface area contributed by atoms with E-state index in [-0.39, 0.29) is 18.2 Å². The molecule has 1 aliphatic rings. The van der Waals surface area contributed by atoms with Crippen molar-refractivity contribution in [1.29, 1.82) is 0 Å². The van der Waals surface area contributed by atoms with E-state index in [2.05, 4.69) is 27.7 Å².